The van der Waals surface area contributed by atoms with Crippen molar-refractivity contribution in [1.82, 2.24) is 15.5 Å². The molecule has 1 aromatic rings. The van der Waals surface area contributed by atoms with Gasteiger partial charge in [0.2, 0.25) is 5.91 Å². The molecule has 7 heteroatoms. The van der Waals surface area contributed by atoms with Gasteiger partial charge >= 0.3 is 6.03 Å². The van der Waals surface area contributed by atoms with Crippen LogP contribution >= 0.6 is 0 Å². The Morgan fingerprint density at radius 2 is 2.04 bits per heavy atom. The number of benzene rings is 1. The summed E-state index contributed by atoms with van der Waals surface area (Å²) in [4.78, 5) is 25.2. The lowest BCUT2D eigenvalue weighted by Crippen LogP contribution is -2.45. The number of carbonyl (C=O) groups is 2. The molecule has 0 spiro atoms. The van der Waals surface area contributed by atoms with Gasteiger partial charge in [-0.1, -0.05) is 18.2 Å². The van der Waals surface area contributed by atoms with Crippen LogP contribution in [0.5, 0.6) is 5.75 Å². The maximum Gasteiger partial charge on any atom is 0.317 e. The van der Waals surface area contributed by atoms with E-state index in [2.05, 4.69) is 10.6 Å². The highest BCUT2D eigenvalue weighted by atomic mass is 16.5. The van der Waals surface area contributed by atoms with E-state index in [0.717, 1.165) is 30.8 Å². The summed E-state index contributed by atoms with van der Waals surface area (Å²) in [5, 5.41) is 5.51. The second kappa shape index (κ2) is 9.88. The van der Waals surface area contributed by atoms with Crippen LogP contribution in [0.4, 0.5) is 4.79 Å². The summed E-state index contributed by atoms with van der Waals surface area (Å²) >= 11 is 0. The molecule has 0 radical (unpaired) electrons. The molecule has 0 aromatic heterocycles. The Morgan fingerprint density at radius 1 is 1.28 bits per heavy atom. The molecule has 1 aliphatic rings. The predicted octanol–water partition coefficient (Wildman–Crippen LogP) is 1.52. The molecule has 3 amide bonds. The standard InChI is InChI=1S/C18H27N3O4/c1-14(22)19-9-10-20-18(23)21(13-16-7-5-11-25-16)12-15-6-3-4-8-17(15)24-2/h3-4,6,8,16H,5,7,9-13H2,1-2H3,(H,19,22)(H,20,23). The van der Waals surface area contributed by atoms with Crippen LogP contribution in [0.3, 0.4) is 0 Å². The molecule has 2 N–H and O–H groups in total. The quantitative estimate of drug-likeness (QED) is 0.698. The molecule has 1 heterocycles. The number of methoxy groups -OCH3 is 1. The zero-order valence-corrected chi connectivity index (χ0v) is 14.9. The highest BCUT2D eigenvalue weighted by molar-refractivity contribution is 5.75. The van der Waals surface area contributed by atoms with Crippen molar-refractivity contribution in [2.24, 2.45) is 0 Å². The number of nitrogens with one attached hydrogen (secondary N) is 2. The number of para-hydroxylation sites is 1. The number of urea groups is 1. The van der Waals surface area contributed by atoms with E-state index in [1.165, 1.54) is 6.92 Å². The predicted molar refractivity (Wildman–Crippen MR) is 94.5 cm³/mol. The van der Waals surface area contributed by atoms with E-state index in [-0.39, 0.29) is 18.0 Å². The number of hydrogen-bond acceptors (Lipinski definition) is 4. The fourth-order valence-electron chi connectivity index (χ4n) is 2.81. The third-order valence-electron chi connectivity index (χ3n) is 4.06. The van der Waals surface area contributed by atoms with E-state index >= 15 is 0 Å². The minimum atomic E-state index is -0.174. The maximum absolute atomic E-state index is 12.6. The first-order chi connectivity index (χ1) is 12.1. The first-order valence-corrected chi connectivity index (χ1v) is 8.61. The molecule has 0 saturated carbocycles. The summed E-state index contributed by atoms with van der Waals surface area (Å²) in [7, 11) is 1.62. The molecule has 1 atom stereocenters. The second-order valence-electron chi connectivity index (χ2n) is 6.04. The molecule has 1 unspecified atom stereocenters. The number of hydrogen-bond donors (Lipinski definition) is 2. The molecule has 1 fully saturated rings. The lowest BCUT2D eigenvalue weighted by atomic mass is 10.1. The number of nitrogens with zero attached hydrogens (tertiary/aromatic N) is 1. The first kappa shape index (κ1) is 19.1. The highest BCUT2D eigenvalue weighted by Gasteiger charge is 2.23. The molecule has 25 heavy (non-hydrogen) atoms. The molecular formula is C18H27N3O4. The molecule has 138 valence electrons. The fraction of sp³-hybridized carbons (Fsp3) is 0.556. The van der Waals surface area contributed by atoms with Crippen LogP contribution in [-0.2, 0) is 16.1 Å². The molecule has 0 bridgehead atoms. The van der Waals surface area contributed by atoms with Gasteiger partial charge in [-0.25, -0.2) is 4.79 Å². The summed E-state index contributed by atoms with van der Waals surface area (Å²) in [6, 6.07) is 7.49. The Balaban J connectivity index is 1.98. The van der Waals surface area contributed by atoms with E-state index in [9.17, 15) is 9.59 Å². The smallest absolute Gasteiger partial charge is 0.317 e. The van der Waals surface area contributed by atoms with Gasteiger partial charge in [-0.05, 0) is 18.9 Å². The molecule has 2 rings (SSSR count). The van der Waals surface area contributed by atoms with Crippen LogP contribution < -0.4 is 15.4 Å². The minimum Gasteiger partial charge on any atom is -0.496 e. The van der Waals surface area contributed by atoms with Crippen molar-refractivity contribution in [2.45, 2.75) is 32.4 Å². The third kappa shape index (κ3) is 6.26. The second-order valence-corrected chi connectivity index (χ2v) is 6.04. The Labute approximate surface area is 148 Å². The monoisotopic (exact) mass is 349 g/mol. The van der Waals surface area contributed by atoms with Crippen LogP contribution in [-0.4, -0.2) is 56.3 Å². The Morgan fingerprint density at radius 3 is 2.72 bits per heavy atom. The van der Waals surface area contributed by atoms with Crippen LogP contribution in [0.15, 0.2) is 24.3 Å². The summed E-state index contributed by atoms with van der Waals surface area (Å²) in [6.45, 7) is 3.96. The largest absolute Gasteiger partial charge is 0.496 e. The topological polar surface area (TPSA) is 79.9 Å². The van der Waals surface area contributed by atoms with Crippen LogP contribution in [0.25, 0.3) is 0 Å². The van der Waals surface area contributed by atoms with Crippen molar-refractivity contribution >= 4 is 11.9 Å². The van der Waals surface area contributed by atoms with Gasteiger partial charge in [0.1, 0.15) is 5.75 Å². The average molecular weight is 349 g/mol. The van der Waals surface area contributed by atoms with Gasteiger partial charge in [-0.3, -0.25) is 4.79 Å². The maximum atomic E-state index is 12.6. The lowest BCUT2D eigenvalue weighted by molar-refractivity contribution is -0.118. The molecule has 7 nitrogen and oxygen atoms in total. The van der Waals surface area contributed by atoms with Crippen molar-refractivity contribution < 1.29 is 19.1 Å². The van der Waals surface area contributed by atoms with Crippen LogP contribution in [0.1, 0.15) is 25.3 Å². The zero-order valence-electron chi connectivity index (χ0n) is 14.9. The van der Waals surface area contributed by atoms with Crippen molar-refractivity contribution in [2.75, 3.05) is 33.4 Å². The molecule has 1 aromatic carbocycles. The minimum absolute atomic E-state index is 0.0656. The molecule has 1 aliphatic heterocycles. The van der Waals surface area contributed by atoms with E-state index < -0.39 is 0 Å². The number of rotatable bonds is 8. The summed E-state index contributed by atoms with van der Waals surface area (Å²) in [6.07, 6.45) is 2.05. The van der Waals surface area contributed by atoms with Crippen LogP contribution in [0, 0.1) is 0 Å². The van der Waals surface area contributed by atoms with E-state index in [1.807, 2.05) is 24.3 Å². The SMILES string of the molecule is COc1ccccc1CN(CC1CCCO1)C(=O)NCCNC(C)=O. The van der Waals surface area contributed by atoms with Crippen molar-refractivity contribution in [1.29, 1.82) is 0 Å². The lowest BCUT2D eigenvalue weighted by Gasteiger charge is -2.26. The summed E-state index contributed by atoms with van der Waals surface area (Å²) in [5.74, 6) is 0.644. The zero-order chi connectivity index (χ0) is 18.1. The Bertz CT molecular complexity index is 573. The van der Waals surface area contributed by atoms with Gasteiger partial charge in [0.15, 0.2) is 0 Å². The van der Waals surface area contributed by atoms with Gasteiger partial charge in [-0.15, -0.1) is 0 Å². The summed E-state index contributed by atoms with van der Waals surface area (Å²) < 4.78 is 11.1. The van der Waals surface area contributed by atoms with Gasteiger partial charge in [0, 0.05) is 38.7 Å². The fourth-order valence-corrected chi connectivity index (χ4v) is 2.81. The normalized spacial score (nSPS) is 16.3. The van der Waals surface area contributed by atoms with Crippen molar-refractivity contribution in [3.05, 3.63) is 29.8 Å². The highest BCUT2D eigenvalue weighted by Crippen LogP contribution is 2.21. The van der Waals surface area contributed by atoms with Gasteiger partial charge in [-0.2, -0.15) is 0 Å². The molecule has 1 saturated heterocycles. The van der Waals surface area contributed by atoms with Crippen molar-refractivity contribution in [3.8, 4) is 5.75 Å². The Kier molecular flexibility index (Phi) is 7.53. The van der Waals surface area contributed by atoms with Crippen molar-refractivity contribution in [3.63, 3.8) is 0 Å². The molecule has 0 aliphatic carbocycles. The first-order valence-electron chi connectivity index (χ1n) is 8.61. The Hall–Kier alpha value is -2.28. The van der Waals surface area contributed by atoms with Gasteiger partial charge < -0.3 is 25.0 Å². The van der Waals surface area contributed by atoms with E-state index in [0.29, 0.717) is 26.2 Å². The van der Waals surface area contributed by atoms with Gasteiger partial charge in [0.05, 0.1) is 19.8 Å². The summed E-state index contributed by atoms with van der Waals surface area (Å²) in [5.41, 5.74) is 0.944. The third-order valence-corrected chi connectivity index (χ3v) is 4.06. The average Bonchev–Trinajstić information content (AvgIpc) is 3.11. The number of ether oxygens (including phenoxy) is 2. The van der Waals surface area contributed by atoms with E-state index in [1.54, 1.807) is 12.0 Å². The molecular weight excluding hydrogens is 322 g/mol. The number of carbonyl (C=O) groups excluding carboxylic acids is 2. The van der Waals surface area contributed by atoms with Crippen LogP contribution in [0.2, 0.25) is 0 Å². The number of amides is 3. The van der Waals surface area contributed by atoms with Gasteiger partial charge in [0.25, 0.3) is 0 Å². The van der Waals surface area contributed by atoms with E-state index in [4.69, 9.17) is 9.47 Å².